The average Bonchev–Trinajstić information content (AvgIpc) is 3.47. The van der Waals surface area contributed by atoms with E-state index in [1.54, 1.807) is 23.7 Å². The van der Waals surface area contributed by atoms with Crippen LogP contribution >= 0.6 is 11.3 Å². The summed E-state index contributed by atoms with van der Waals surface area (Å²) in [7, 11) is 0. The van der Waals surface area contributed by atoms with E-state index in [1.165, 1.54) is 0 Å². The van der Waals surface area contributed by atoms with Crippen molar-refractivity contribution in [1.29, 1.82) is 0 Å². The van der Waals surface area contributed by atoms with Crippen molar-refractivity contribution in [2.45, 2.75) is 18.8 Å². The summed E-state index contributed by atoms with van der Waals surface area (Å²) in [6, 6.07) is 10.0. The third kappa shape index (κ3) is 3.29. The van der Waals surface area contributed by atoms with Gasteiger partial charge in [0.2, 0.25) is 5.91 Å². The fourth-order valence-electron chi connectivity index (χ4n) is 3.67. The normalized spacial score (nSPS) is 16.7. The quantitative estimate of drug-likeness (QED) is 0.537. The molecule has 1 unspecified atom stereocenters. The number of thiophene rings is 1. The van der Waals surface area contributed by atoms with E-state index < -0.39 is 0 Å². The molecule has 0 aromatic carbocycles. The first-order chi connectivity index (χ1) is 13.8. The molecule has 1 atom stereocenters. The maximum absolute atomic E-state index is 12.5. The van der Waals surface area contributed by atoms with E-state index in [-0.39, 0.29) is 11.8 Å². The topological polar surface area (TPSA) is 63.4 Å². The fourth-order valence-corrected chi connectivity index (χ4v) is 4.33. The van der Waals surface area contributed by atoms with E-state index in [0.29, 0.717) is 13.0 Å². The predicted octanol–water partition coefficient (Wildman–Crippen LogP) is 3.41. The van der Waals surface area contributed by atoms with Gasteiger partial charge in [-0.2, -0.15) is 16.4 Å². The van der Waals surface area contributed by atoms with Gasteiger partial charge in [-0.15, -0.1) is 0 Å². The Morgan fingerprint density at radius 2 is 2.04 bits per heavy atom. The van der Waals surface area contributed by atoms with Crippen molar-refractivity contribution < 1.29 is 4.79 Å². The van der Waals surface area contributed by atoms with Crippen molar-refractivity contribution in [3.63, 3.8) is 0 Å². The van der Waals surface area contributed by atoms with Crippen LogP contribution in [0, 0.1) is 0 Å². The predicted molar refractivity (Wildman–Crippen MR) is 108 cm³/mol. The minimum absolute atomic E-state index is 0.185. The second kappa shape index (κ2) is 7.16. The maximum Gasteiger partial charge on any atom is 0.227 e. The number of fused-ring (bicyclic) bond motifs is 1. The number of aromatic nitrogens is 4. The van der Waals surface area contributed by atoms with Gasteiger partial charge in [-0.1, -0.05) is 0 Å². The highest BCUT2D eigenvalue weighted by Gasteiger charge is 2.30. The number of rotatable bonds is 4. The lowest BCUT2D eigenvalue weighted by Crippen LogP contribution is -2.29. The van der Waals surface area contributed by atoms with Crippen LogP contribution in [0.15, 0.2) is 59.7 Å². The molecule has 0 bridgehead atoms. The van der Waals surface area contributed by atoms with Crippen molar-refractivity contribution in [2.75, 3.05) is 13.1 Å². The Kier molecular flexibility index (Phi) is 4.37. The number of nitrogens with zero attached hydrogens (tertiary/aromatic N) is 5. The Morgan fingerprint density at radius 1 is 1.14 bits per heavy atom. The molecule has 0 saturated carbocycles. The number of carbonyl (C=O) groups is 1. The lowest BCUT2D eigenvalue weighted by molar-refractivity contribution is -0.129. The molecule has 0 aliphatic carbocycles. The number of hydrogen-bond acceptors (Lipinski definition) is 5. The monoisotopic (exact) mass is 389 g/mol. The zero-order chi connectivity index (χ0) is 18.9. The zero-order valence-corrected chi connectivity index (χ0v) is 16.0. The van der Waals surface area contributed by atoms with E-state index in [9.17, 15) is 4.79 Å². The summed E-state index contributed by atoms with van der Waals surface area (Å²) < 4.78 is 1.83. The smallest absolute Gasteiger partial charge is 0.227 e. The Labute approximate surface area is 166 Å². The lowest BCUT2D eigenvalue weighted by Gasteiger charge is -2.15. The molecule has 1 amide bonds. The molecule has 1 aliphatic heterocycles. The molecule has 28 heavy (non-hydrogen) atoms. The molecule has 4 aromatic rings. The first kappa shape index (κ1) is 17.1. The minimum Gasteiger partial charge on any atom is -0.342 e. The maximum atomic E-state index is 12.5. The molecule has 5 rings (SSSR count). The molecule has 0 N–H and O–H groups in total. The summed E-state index contributed by atoms with van der Waals surface area (Å²) in [5.74, 6) is 1.19. The molecule has 4 aromatic heterocycles. The molecule has 5 heterocycles. The average molecular weight is 389 g/mol. The molecular weight excluding hydrogens is 370 g/mol. The van der Waals surface area contributed by atoms with Crippen LogP contribution in [-0.4, -0.2) is 43.5 Å². The van der Waals surface area contributed by atoms with Gasteiger partial charge < -0.3 is 4.90 Å². The van der Waals surface area contributed by atoms with Crippen LogP contribution in [0.5, 0.6) is 0 Å². The molecule has 0 radical (unpaired) electrons. The van der Waals surface area contributed by atoms with Crippen LogP contribution in [-0.2, 0) is 11.2 Å². The first-order valence-electron chi connectivity index (χ1n) is 9.32. The van der Waals surface area contributed by atoms with Crippen molar-refractivity contribution in [2.24, 2.45) is 0 Å². The molecule has 7 heteroatoms. The van der Waals surface area contributed by atoms with Crippen molar-refractivity contribution in [3.8, 4) is 11.1 Å². The minimum atomic E-state index is 0.185. The van der Waals surface area contributed by atoms with Gasteiger partial charge >= 0.3 is 0 Å². The van der Waals surface area contributed by atoms with Crippen LogP contribution in [0.3, 0.4) is 0 Å². The Balaban J connectivity index is 1.33. The highest BCUT2D eigenvalue weighted by atomic mass is 32.1. The molecule has 0 spiro atoms. The van der Waals surface area contributed by atoms with Crippen LogP contribution < -0.4 is 0 Å². The van der Waals surface area contributed by atoms with Gasteiger partial charge in [0.05, 0.1) is 6.42 Å². The number of amides is 1. The van der Waals surface area contributed by atoms with Crippen molar-refractivity contribution >= 4 is 22.9 Å². The second-order valence-electron chi connectivity index (χ2n) is 7.06. The van der Waals surface area contributed by atoms with Gasteiger partial charge in [0.15, 0.2) is 11.5 Å². The van der Waals surface area contributed by atoms with Crippen LogP contribution in [0.25, 0.3) is 16.8 Å². The second-order valence-corrected chi connectivity index (χ2v) is 7.84. The van der Waals surface area contributed by atoms with Gasteiger partial charge in [0.25, 0.3) is 0 Å². The summed E-state index contributed by atoms with van der Waals surface area (Å²) in [6.07, 6.45) is 6.95. The molecule has 1 saturated heterocycles. The third-order valence-corrected chi connectivity index (χ3v) is 5.93. The Morgan fingerprint density at radius 3 is 2.86 bits per heavy atom. The number of pyridine rings is 2. The van der Waals surface area contributed by atoms with Gasteiger partial charge in [-0.25, -0.2) is 9.50 Å². The Hall–Kier alpha value is -3.06. The Bertz CT molecular complexity index is 1110. The van der Waals surface area contributed by atoms with E-state index in [1.807, 2.05) is 50.6 Å². The summed E-state index contributed by atoms with van der Waals surface area (Å²) >= 11 is 1.63. The van der Waals surface area contributed by atoms with E-state index in [0.717, 1.165) is 41.1 Å². The third-order valence-electron chi connectivity index (χ3n) is 5.20. The highest BCUT2D eigenvalue weighted by molar-refractivity contribution is 7.08. The van der Waals surface area contributed by atoms with Gasteiger partial charge in [0, 0.05) is 43.2 Å². The number of likely N-dealkylation sites (tertiary alicyclic amines) is 1. The summed E-state index contributed by atoms with van der Waals surface area (Å²) in [6.45, 7) is 1.46. The first-order valence-corrected chi connectivity index (χ1v) is 10.3. The lowest BCUT2D eigenvalue weighted by atomic mass is 10.1. The van der Waals surface area contributed by atoms with Gasteiger partial charge in [-0.05, 0) is 58.6 Å². The van der Waals surface area contributed by atoms with E-state index >= 15 is 0 Å². The van der Waals surface area contributed by atoms with Crippen LogP contribution in [0.1, 0.15) is 23.7 Å². The molecule has 6 nitrogen and oxygen atoms in total. The fraction of sp³-hybridized carbons (Fsp3) is 0.238. The molecule has 1 aliphatic rings. The molecular formula is C21H19N5OS. The van der Waals surface area contributed by atoms with Crippen LogP contribution in [0.2, 0.25) is 0 Å². The largest absolute Gasteiger partial charge is 0.342 e. The summed E-state index contributed by atoms with van der Waals surface area (Å²) in [5.41, 5.74) is 4.09. The molecule has 1 fully saturated rings. The van der Waals surface area contributed by atoms with E-state index in [2.05, 4.69) is 11.1 Å². The highest BCUT2D eigenvalue weighted by Crippen LogP contribution is 2.27. The van der Waals surface area contributed by atoms with E-state index in [4.69, 9.17) is 10.1 Å². The van der Waals surface area contributed by atoms with Gasteiger partial charge in [0.1, 0.15) is 0 Å². The standard InChI is InChI=1S/C21H19N5OS/c27-20(11-15-6-10-28-14-15)25-9-5-18(12-25)21-23-19-2-1-17(13-26(19)24-21)16-3-7-22-8-4-16/h1-4,6-8,10,13-14,18H,5,9,11-12H2. The zero-order valence-electron chi connectivity index (χ0n) is 15.2. The summed E-state index contributed by atoms with van der Waals surface area (Å²) in [4.78, 5) is 23.3. The SMILES string of the molecule is O=C(Cc1ccsc1)N1CCC(c2nc3ccc(-c4ccncc4)cn3n2)C1. The molecule has 140 valence electrons. The van der Waals surface area contributed by atoms with Crippen molar-refractivity contribution in [3.05, 3.63) is 71.1 Å². The number of hydrogen-bond donors (Lipinski definition) is 0. The van der Waals surface area contributed by atoms with Crippen LogP contribution in [0.4, 0.5) is 0 Å². The van der Waals surface area contributed by atoms with Crippen molar-refractivity contribution in [1.82, 2.24) is 24.5 Å². The van der Waals surface area contributed by atoms with Gasteiger partial charge in [-0.3, -0.25) is 9.78 Å². The summed E-state index contributed by atoms with van der Waals surface area (Å²) in [5, 5.41) is 8.75. The number of carbonyl (C=O) groups excluding carboxylic acids is 1.